The van der Waals surface area contributed by atoms with Crippen LogP contribution in [0.5, 0.6) is 0 Å². The number of nitrogens with one attached hydrogen (secondary N) is 1. The van der Waals surface area contributed by atoms with Crippen molar-refractivity contribution in [3.05, 3.63) is 11.2 Å². The van der Waals surface area contributed by atoms with E-state index in [-0.39, 0.29) is 23.1 Å². The maximum absolute atomic E-state index is 11.8. The molecule has 0 aliphatic heterocycles. The number of hydrogen-bond donors (Lipinski definition) is 1. The van der Waals surface area contributed by atoms with E-state index >= 15 is 0 Å². The third-order valence-corrected chi connectivity index (χ3v) is 10.0. The van der Waals surface area contributed by atoms with Crippen LogP contribution in [0.25, 0.3) is 0 Å². The second-order valence-electron chi connectivity index (χ2n) is 8.03. The molecule has 0 spiro atoms. The number of alkyl carbamates (subject to hydrolysis) is 1. The molecule has 24 heavy (non-hydrogen) atoms. The van der Waals surface area contributed by atoms with Crippen LogP contribution in [-0.4, -0.2) is 33.3 Å². The molecule has 6 heteroatoms. The van der Waals surface area contributed by atoms with Gasteiger partial charge >= 0.3 is 6.09 Å². The van der Waals surface area contributed by atoms with Gasteiger partial charge in [0, 0.05) is 16.9 Å². The summed E-state index contributed by atoms with van der Waals surface area (Å²) < 4.78 is 11.3. The van der Waals surface area contributed by atoms with Crippen molar-refractivity contribution in [1.82, 2.24) is 5.32 Å². The smallest absolute Gasteiger partial charge is 0.407 e. The second-order valence-corrected chi connectivity index (χ2v) is 13.7. The predicted octanol–water partition coefficient (Wildman–Crippen LogP) is 5.62. The summed E-state index contributed by atoms with van der Waals surface area (Å²) in [6.07, 6.45) is 3.63. The van der Waals surface area contributed by atoms with Gasteiger partial charge in [0.15, 0.2) is 0 Å². The van der Waals surface area contributed by atoms with Crippen LogP contribution >= 0.6 is 11.8 Å². The molecule has 0 saturated heterocycles. The maximum Gasteiger partial charge on any atom is 0.407 e. The van der Waals surface area contributed by atoms with Gasteiger partial charge in [0.05, 0.1) is 12.9 Å². The van der Waals surface area contributed by atoms with Gasteiger partial charge < -0.3 is 14.5 Å². The second kappa shape index (κ2) is 9.75. The van der Waals surface area contributed by atoms with E-state index in [0.717, 1.165) is 4.91 Å². The molecule has 2 atom stereocenters. The Morgan fingerprint density at radius 2 is 1.79 bits per heavy atom. The number of rotatable bonds is 8. The van der Waals surface area contributed by atoms with Crippen molar-refractivity contribution >= 4 is 26.2 Å². The number of thioether (sulfide) groups is 1. The summed E-state index contributed by atoms with van der Waals surface area (Å²) >= 11 is 1.68. The first-order chi connectivity index (χ1) is 10.9. The SMILES string of the molecule is CCOC(=O)N[C@@H](C(C)C)[C@@H](C)/C(=C/O[Si](C)(C)C(C)(C)C)SC. The fourth-order valence-corrected chi connectivity index (χ4v) is 3.60. The van der Waals surface area contributed by atoms with Gasteiger partial charge in [-0.25, -0.2) is 4.79 Å². The van der Waals surface area contributed by atoms with Gasteiger partial charge in [-0.3, -0.25) is 0 Å². The van der Waals surface area contributed by atoms with Crippen molar-refractivity contribution in [2.75, 3.05) is 12.9 Å². The summed E-state index contributed by atoms with van der Waals surface area (Å²) in [4.78, 5) is 13.0. The molecule has 0 rings (SSSR count). The van der Waals surface area contributed by atoms with Gasteiger partial charge in [0.25, 0.3) is 0 Å². The molecule has 0 saturated carbocycles. The Bertz CT molecular complexity index is 430. The molecule has 0 heterocycles. The Hall–Kier alpha value is -0.623. The first-order valence-corrected chi connectivity index (χ1v) is 12.9. The first kappa shape index (κ1) is 23.4. The van der Waals surface area contributed by atoms with Crippen molar-refractivity contribution in [2.24, 2.45) is 11.8 Å². The van der Waals surface area contributed by atoms with Crippen LogP contribution in [0.15, 0.2) is 11.2 Å². The topological polar surface area (TPSA) is 47.6 Å². The minimum atomic E-state index is -1.84. The third kappa shape index (κ3) is 7.09. The van der Waals surface area contributed by atoms with Crippen LogP contribution in [0.3, 0.4) is 0 Å². The molecule has 0 aromatic carbocycles. The molecule has 0 unspecified atom stereocenters. The highest BCUT2D eigenvalue weighted by molar-refractivity contribution is 8.02. The number of amides is 1. The van der Waals surface area contributed by atoms with Crippen LogP contribution in [0.2, 0.25) is 18.1 Å². The summed E-state index contributed by atoms with van der Waals surface area (Å²) in [5.41, 5.74) is 0. The lowest BCUT2D eigenvalue weighted by molar-refractivity contribution is 0.141. The van der Waals surface area contributed by atoms with E-state index in [1.807, 2.05) is 13.2 Å². The zero-order chi connectivity index (χ0) is 19.1. The van der Waals surface area contributed by atoms with Crippen LogP contribution < -0.4 is 5.32 Å². The molecular weight excluding hydrogens is 338 g/mol. The van der Waals surface area contributed by atoms with Gasteiger partial charge in [-0.15, -0.1) is 11.8 Å². The predicted molar refractivity (Wildman–Crippen MR) is 108 cm³/mol. The van der Waals surface area contributed by atoms with Gasteiger partial charge in [0.2, 0.25) is 8.32 Å². The zero-order valence-electron chi connectivity index (χ0n) is 17.1. The largest absolute Gasteiger partial charge is 0.548 e. The molecule has 142 valence electrons. The van der Waals surface area contributed by atoms with E-state index in [1.54, 1.807) is 11.8 Å². The minimum Gasteiger partial charge on any atom is -0.548 e. The first-order valence-electron chi connectivity index (χ1n) is 8.72. The summed E-state index contributed by atoms with van der Waals surface area (Å²) in [6.45, 7) is 19.7. The minimum absolute atomic E-state index is 0.00534. The van der Waals surface area contributed by atoms with Crippen LogP contribution in [-0.2, 0) is 9.16 Å². The van der Waals surface area contributed by atoms with Crippen molar-refractivity contribution in [1.29, 1.82) is 0 Å². The standard InChI is InChI=1S/C18H37NO3SSi/c1-11-21-17(20)19-16(13(2)3)14(4)15(23-8)12-22-24(9,10)18(5,6)7/h12-14,16H,11H2,1-10H3,(H,19,20)/b15-12-/t14-,16-/m0/s1. The molecule has 4 nitrogen and oxygen atoms in total. The number of hydrogen-bond acceptors (Lipinski definition) is 4. The Morgan fingerprint density at radius 1 is 1.25 bits per heavy atom. The van der Waals surface area contributed by atoms with Crippen molar-refractivity contribution < 1.29 is 14.0 Å². The van der Waals surface area contributed by atoms with Gasteiger partial charge in [0.1, 0.15) is 0 Å². The summed E-state index contributed by atoms with van der Waals surface area (Å²) in [7, 11) is -1.84. The van der Waals surface area contributed by atoms with E-state index in [0.29, 0.717) is 12.5 Å². The lowest BCUT2D eigenvalue weighted by atomic mass is 9.91. The quantitative estimate of drug-likeness (QED) is 0.442. The molecule has 0 aliphatic carbocycles. The Kier molecular flexibility index (Phi) is 9.50. The average Bonchev–Trinajstić information content (AvgIpc) is 2.43. The fourth-order valence-electron chi connectivity index (χ4n) is 2.08. The molecule has 0 radical (unpaired) electrons. The molecule has 1 N–H and O–H groups in total. The maximum atomic E-state index is 11.8. The van der Waals surface area contributed by atoms with Crippen molar-refractivity contribution in [2.45, 2.75) is 72.6 Å². The van der Waals surface area contributed by atoms with Gasteiger partial charge in [-0.2, -0.15) is 0 Å². The lowest BCUT2D eigenvalue weighted by Gasteiger charge is -2.36. The van der Waals surface area contributed by atoms with Crippen molar-refractivity contribution in [3.8, 4) is 0 Å². The van der Waals surface area contributed by atoms with Gasteiger partial charge in [-0.05, 0) is 37.2 Å². The van der Waals surface area contributed by atoms with Crippen LogP contribution in [0.4, 0.5) is 4.79 Å². The van der Waals surface area contributed by atoms with Crippen LogP contribution in [0.1, 0.15) is 48.5 Å². The average molecular weight is 376 g/mol. The highest BCUT2D eigenvalue weighted by Crippen LogP contribution is 2.38. The fraction of sp³-hybridized carbons (Fsp3) is 0.833. The van der Waals surface area contributed by atoms with E-state index in [2.05, 4.69) is 66.2 Å². The Balaban J connectivity index is 5.24. The highest BCUT2D eigenvalue weighted by Gasteiger charge is 2.38. The van der Waals surface area contributed by atoms with E-state index in [4.69, 9.17) is 9.16 Å². The summed E-state index contributed by atoms with van der Waals surface area (Å²) in [5, 5.41) is 3.16. The Labute approximate surface area is 154 Å². The van der Waals surface area contributed by atoms with Crippen molar-refractivity contribution in [3.63, 3.8) is 0 Å². The molecule has 0 aliphatic rings. The lowest BCUT2D eigenvalue weighted by Crippen LogP contribution is -2.44. The molecule has 0 bridgehead atoms. The molecule has 0 aromatic rings. The molecule has 0 fully saturated rings. The monoisotopic (exact) mass is 375 g/mol. The molecule has 0 aromatic heterocycles. The summed E-state index contributed by atoms with van der Waals surface area (Å²) in [5.74, 6) is 0.460. The van der Waals surface area contributed by atoms with E-state index in [9.17, 15) is 4.79 Å². The zero-order valence-corrected chi connectivity index (χ0v) is 19.0. The number of ether oxygens (including phenoxy) is 1. The highest BCUT2D eigenvalue weighted by atomic mass is 32.2. The third-order valence-electron chi connectivity index (χ3n) is 4.78. The molecule has 1 amide bonds. The Morgan fingerprint density at radius 3 is 2.17 bits per heavy atom. The van der Waals surface area contributed by atoms with E-state index in [1.165, 1.54) is 0 Å². The van der Waals surface area contributed by atoms with Gasteiger partial charge in [-0.1, -0.05) is 41.5 Å². The summed E-state index contributed by atoms with van der Waals surface area (Å²) in [6, 6.07) is 0.00534. The molecular formula is C18H37NO3SSi. The van der Waals surface area contributed by atoms with E-state index < -0.39 is 8.32 Å². The van der Waals surface area contributed by atoms with Crippen LogP contribution in [0, 0.1) is 11.8 Å². The normalized spacial score (nSPS) is 15.9. The number of carbonyl (C=O) groups is 1. The number of carbonyl (C=O) groups excluding carboxylic acids is 1.